The van der Waals surface area contributed by atoms with Crippen LogP contribution in [0.5, 0.6) is 28.9 Å². The number of hydrogen-bond donors (Lipinski definition) is 2. The monoisotopic (exact) mass is 522 g/mol. The molecule has 0 radical (unpaired) electrons. The van der Waals surface area contributed by atoms with Gasteiger partial charge in [0.05, 0.1) is 23.3 Å². The lowest BCUT2D eigenvalue weighted by Crippen LogP contribution is -2.21. The van der Waals surface area contributed by atoms with Crippen molar-refractivity contribution in [2.24, 2.45) is 0 Å². The van der Waals surface area contributed by atoms with Gasteiger partial charge in [0.15, 0.2) is 28.6 Å². The molecule has 0 saturated heterocycles. The summed E-state index contributed by atoms with van der Waals surface area (Å²) in [6.07, 6.45) is 3.06. The van der Waals surface area contributed by atoms with Gasteiger partial charge in [0.1, 0.15) is 18.1 Å². The van der Waals surface area contributed by atoms with E-state index in [0.717, 1.165) is 5.56 Å². The number of hydrogen-bond acceptors (Lipinski definition) is 8. The number of amides is 1. The first-order valence-corrected chi connectivity index (χ1v) is 12.9. The fourth-order valence-corrected chi connectivity index (χ4v) is 4.73. The van der Waals surface area contributed by atoms with Crippen LogP contribution >= 0.6 is 0 Å². The Hall–Kier alpha value is -3.89. The SMILES string of the molecule is CC(C)(O)CCOc1ccc(Oc2cccc3c2OC[C@H]3Oc2ccc(C3=CC(=O)NS3=O)cc2)cn1. The normalized spacial score (nSPS) is 18.5. The average molecular weight is 523 g/mol. The van der Waals surface area contributed by atoms with E-state index in [4.69, 9.17) is 18.9 Å². The molecule has 0 aliphatic carbocycles. The van der Waals surface area contributed by atoms with Crippen molar-refractivity contribution in [2.75, 3.05) is 13.2 Å². The van der Waals surface area contributed by atoms with Crippen LogP contribution in [0.15, 0.2) is 66.9 Å². The number of rotatable bonds is 9. The number of carbonyl (C=O) groups is 1. The predicted octanol–water partition coefficient (Wildman–Crippen LogP) is 4.06. The van der Waals surface area contributed by atoms with Crippen LogP contribution in [0.25, 0.3) is 4.91 Å². The third-order valence-corrected chi connectivity index (χ3v) is 6.85. The molecule has 0 bridgehead atoms. The van der Waals surface area contributed by atoms with Crippen LogP contribution < -0.4 is 23.7 Å². The number of nitrogens with zero attached hydrogens (tertiary/aromatic N) is 1. The van der Waals surface area contributed by atoms with Crippen molar-refractivity contribution >= 4 is 21.8 Å². The molecule has 0 spiro atoms. The van der Waals surface area contributed by atoms with E-state index in [1.54, 1.807) is 56.4 Å². The lowest BCUT2D eigenvalue weighted by atomic mass is 10.1. The molecule has 2 aliphatic rings. The summed E-state index contributed by atoms with van der Waals surface area (Å²) in [5.41, 5.74) is 0.747. The number of benzene rings is 2. The first-order chi connectivity index (χ1) is 17.7. The second kappa shape index (κ2) is 10.2. The Morgan fingerprint density at radius 1 is 1.14 bits per heavy atom. The predicted molar refractivity (Wildman–Crippen MR) is 137 cm³/mol. The van der Waals surface area contributed by atoms with Gasteiger partial charge in [-0.05, 0) is 43.7 Å². The number of para-hydroxylation sites is 1. The smallest absolute Gasteiger partial charge is 0.257 e. The molecular weight excluding hydrogens is 496 g/mol. The molecule has 2 atom stereocenters. The summed E-state index contributed by atoms with van der Waals surface area (Å²) in [4.78, 5) is 16.1. The first-order valence-electron chi connectivity index (χ1n) is 11.7. The van der Waals surface area contributed by atoms with E-state index in [1.807, 2.05) is 18.2 Å². The van der Waals surface area contributed by atoms with Crippen LogP contribution in [0, 0.1) is 0 Å². The van der Waals surface area contributed by atoms with Crippen molar-refractivity contribution < 1.29 is 33.1 Å². The molecule has 3 aromatic rings. The highest BCUT2D eigenvalue weighted by Gasteiger charge is 2.29. The highest BCUT2D eigenvalue weighted by molar-refractivity contribution is 7.93. The molecule has 1 amide bonds. The van der Waals surface area contributed by atoms with Gasteiger partial charge in [-0.3, -0.25) is 9.52 Å². The third kappa shape index (κ3) is 5.92. The zero-order chi connectivity index (χ0) is 26.0. The molecule has 0 saturated carbocycles. The van der Waals surface area contributed by atoms with E-state index in [-0.39, 0.29) is 12.0 Å². The molecule has 2 N–H and O–H groups in total. The molecule has 9 nitrogen and oxygen atoms in total. The number of fused-ring (bicyclic) bond motifs is 1. The zero-order valence-corrected chi connectivity index (χ0v) is 21.1. The van der Waals surface area contributed by atoms with E-state index < -0.39 is 16.6 Å². The van der Waals surface area contributed by atoms with Gasteiger partial charge in [-0.25, -0.2) is 9.19 Å². The fourth-order valence-electron chi connectivity index (χ4n) is 3.81. The zero-order valence-electron chi connectivity index (χ0n) is 20.3. The number of aliphatic hydroxyl groups is 1. The standard InChI is InChI=1S/C27H26N2O7S/c1-27(2,31)12-13-33-25-11-10-19(15-28-25)36-21-5-3-4-20-22(16-34-26(20)21)35-18-8-6-17(7-9-18)23-14-24(30)29-37(23)32/h3-11,14-15,22,31H,12-13,16H2,1-2H3,(H,29,30)/t22-,37?/m1/s1. The summed E-state index contributed by atoms with van der Waals surface area (Å²) in [6, 6.07) is 16.1. The van der Waals surface area contributed by atoms with Crippen LogP contribution in [-0.4, -0.2) is 39.0 Å². The Morgan fingerprint density at radius 3 is 2.59 bits per heavy atom. The third-order valence-electron chi connectivity index (χ3n) is 5.71. The van der Waals surface area contributed by atoms with Gasteiger partial charge in [-0.15, -0.1) is 0 Å². The maximum absolute atomic E-state index is 12.0. The summed E-state index contributed by atoms with van der Waals surface area (Å²) in [5, 5.41) is 9.78. The van der Waals surface area contributed by atoms with Gasteiger partial charge in [-0.1, -0.05) is 24.3 Å². The van der Waals surface area contributed by atoms with Crippen molar-refractivity contribution in [1.82, 2.24) is 9.71 Å². The second-order valence-corrected chi connectivity index (χ2v) is 10.4. The Bertz CT molecular complexity index is 1350. The minimum Gasteiger partial charge on any atom is -0.485 e. The molecule has 2 aliphatic heterocycles. The minimum absolute atomic E-state index is 0.317. The largest absolute Gasteiger partial charge is 0.485 e. The van der Waals surface area contributed by atoms with E-state index >= 15 is 0 Å². The number of nitrogens with one attached hydrogen (secondary N) is 1. The first kappa shape index (κ1) is 24.8. The van der Waals surface area contributed by atoms with E-state index in [9.17, 15) is 14.1 Å². The van der Waals surface area contributed by atoms with Gasteiger partial charge < -0.3 is 24.1 Å². The van der Waals surface area contributed by atoms with Crippen molar-refractivity contribution in [1.29, 1.82) is 0 Å². The Morgan fingerprint density at radius 2 is 1.92 bits per heavy atom. The summed E-state index contributed by atoms with van der Waals surface area (Å²) < 4.78 is 38.0. The second-order valence-electron chi connectivity index (χ2n) is 9.21. The van der Waals surface area contributed by atoms with Crippen LogP contribution in [-0.2, 0) is 15.8 Å². The molecular formula is C27H26N2O7S. The number of ether oxygens (including phenoxy) is 4. The number of carbonyl (C=O) groups excluding carboxylic acids is 1. The molecule has 10 heteroatoms. The van der Waals surface area contributed by atoms with E-state index in [2.05, 4.69) is 9.71 Å². The quantitative estimate of drug-likeness (QED) is 0.432. The summed E-state index contributed by atoms with van der Waals surface area (Å²) in [6.45, 7) is 4.13. The van der Waals surface area contributed by atoms with Gasteiger partial charge >= 0.3 is 0 Å². The maximum Gasteiger partial charge on any atom is 0.257 e. The summed E-state index contributed by atoms with van der Waals surface area (Å²) in [7, 11) is -1.54. The van der Waals surface area contributed by atoms with E-state index in [1.165, 1.54) is 6.08 Å². The molecule has 37 heavy (non-hydrogen) atoms. The van der Waals surface area contributed by atoms with Crippen LogP contribution in [0.4, 0.5) is 0 Å². The summed E-state index contributed by atoms with van der Waals surface area (Å²) >= 11 is 0. The number of aromatic nitrogens is 1. The highest BCUT2D eigenvalue weighted by Crippen LogP contribution is 2.43. The van der Waals surface area contributed by atoms with Crippen LogP contribution in [0.1, 0.15) is 37.5 Å². The average Bonchev–Trinajstić information content (AvgIpc) is 3.42. The van der Waals surface area contributed by atoms with Crippen molar-refractivity contribution in [3.63, 3.8) is 0 Å². The maximum atomic E-state index is 12.0. The van der Waals surface area contributed by atoms with Crippen molar-refractivity contribution in [3.8, 4) is 28.9 Å². The topological polar surface area (TPSA) is 116 Å². The lowest BCUT2D eigenvalue weighted by molar-refractivity contribution is -0.114. The van der Waals surface area contributed by atoms with Gasteiger partial charge in [0.2, 0.25) is 5.88 Å². The Labute approximate surface area is 216 Å². The fraction of sp³-hybridized carbons (Fsp3) is 0.259. The molecule has 2 aromatic carbocycles. The molecule has 5 rings (SSSR count). The van der Waals surface area contributed by atoms with Crippen LogP contribution in [0.2, 0.25) is 0 Å². The Balaban J connectivity index is 1.23. The van der Waals surface area contributed by atoms with Crippen molar-refractivity contribution in [3.05, 3.63) is 78.0 Å². The molecule has 3 heterocycles. The van der Waals surface area contributed by atoms with Crippen molar-refractivity contribution in [2.45, 2.75) is 32.0 Å². The molecule has 1 aromatic heterocycles. The lowest BCUT2D eigenvalue weighted by Gasteiger charge is -2.16. The van der Waals surface area contributed by atoms with Crippen LogP contribution in [0.3, 0.4) is 0 Å². The molecule has 192 valence electrons. The van der Waals surface area contributed by atoms with E-state index in [0.29, 0.717) is 59.0 Å². The van der Waals surface area contributed by atoms with Gasteiger partial charge in [0, 0.05) is 24.1 Å². The summed E-state index contributed by atoms with van der Waals surface area (Å²) in [5.74, 6) is 2.37. The minimum atomic E-state index is -1.54. The highest BCUT2D eigenvalue weighted by atomic mass is 32.2. The van der Waals surface area contributed by atoms with Gasteiger partial charge in [0.25, 0.3) is 5.91 Å². The molecule has 1 unspecified atom stereocenters. The Kier molecular flexibility index (Phi) is 6.86. The number of pyridine rings is 1. The van der Waals surface area contributed by atoms with Gasteiger partial charge in [-0.2, -0.15) is 0 Å². The molecule has 0 fully saturated rings.